The minimum atomic E-state index is 0.532. The number of aromatic nitrogens is 1. The van der Waals surface area contributed by atoms with E-state index in [1.54, 1.807) is 0 Å². The Morgan fingerprint density at radius 1 is 1.22 bits per heavy atom. The van der Waals surface area contributed by atoms with Gasteiger partial charge in [0, 0.05) is 23.8 Å². The fourth-order valence-corrected chi connectivity index (χ4v) is 2.64. The van der Waals surface area contributed by atoms with Gasteiger partial charge in [0.2, 0.25) is 0 Å². The standard InChI is InChI=1S/C16H20N2/c1-12(2)16(8-9-16)11-18-15-7-10-17-14-6-4-3-5-13(14)15/h3-7,10,12H,8-9,11H2,1-2H3,(H,17,18). The molecular formula is C16H20N2. The van der Waals surface area contributed by atoms with Crippen molar-refractivity contribution in [3.8, 4) is 0 Å². The van der Waals surface area contributed by atoms with Crippen molar-refractivity contribution in [2.75, 3.05) is 11.9 Å². The van der Waals surface area contributed by atoms with E-state index in [0.717, 1.165) is 18.0 Å². The molecule has 0 saturated heterocycles. The number of benzene rings is 1. The van der Waals surface area contributed by atoms with E-state index >= 15 is 0 Å². The lowest BCUT2D eigenvalue weighted by Gasteiger charge is -2.21. The van der Waals surface area contributed by atoms with Crippen LogP contribution in [-0.2, 0) is 0 Å². The molecule has 2 heteroatoms. The van der Waals surface area contributed by atoms with Crippen LogP contribution in [0.3, 0.4) is 0 Å². The van der Waals surface area contributed by atoms with Crippen LogP contribution in [-0.4, -0.2) is 11.5 Å². The highest BCUT2D eigenvalue weighted by molar-refractivity contribution is 5.90. The van der Waals surface area contributed by atoms with Crippen LogP contribution in [0.25, 0.3) is 10.9 Å². The number of fused-ring (bicyclic) bond motifs is 1. The summed E-state index contributed by atoms with van der Waals surface area (Å²) in [6.07, 6.45) is 4.61. The van der Waals surface area contributed by atoms with Crippen LogP contribution in [0.5, 0.6) is 0 Å². The second kappa shape index (κ2) is 4.27. The van der Waals surface area contributed by atoms with Crippen LogP contribution in [0, 0.1) is 11.3 Å². The average molecular weight is 240 g/mol. The molecule has 0 aliphatic heterocycles. The summed E-state index contributed by atoms with van der Waals surface area (Å²) in [5.74, 6) is 0.762. The Labute approximate surface area is 108 Å². The molecule has 1 aromatic heterocycles. The summed E-state index contributed by atoms with van der Waals surface area (Å²) in [6.45, 7) is 5.75. The van der Waals surface area contributed by atoms with Crippen LogP contribution >= 0.6 is 0 Å². The number of para-hydroxylation sites is 1. The molecule has 0 atom stereocenters. The van der Waals surface area contributed by atoms with Crippen molar-refractivity contribution in [3.05, 3.63) is 36.5 Å². The van der Waals surface area contributed by atoms with Crippen molar-refractivity contribution in [2.24, 2.45) is 11.3 Å². The van der Waals surface area contributed by atoms with E-state index in [4.69, 9.17) is 0 Å². The Morgan fingerprint density at radius 3 is 2.72 bits per heavy atom. The van der Waals surface area contributed by atoms with E-state index in [0.29, 0.717) is 5.41 Å². The lowest BCUT2D eigenvalue weighted by Crippen LogP contribution is -2.20. The molecule has 1 aliphatic carbocycles. The van der Waals surface area contributed by atoms with E-state index in [9.17, 15) is 0 Å². The van der Waals surface area contributed by atoms with Crippen molar-refractivity contribution >= 4 is 16.6 Å². The summed E-state index contributed by atoms with van der Waals surface area (Å²) in [4.78, 5) is 4.40. The topological polar surface area (TPSA) is 24.9 Å². The third kappa shape index (κ3) is 1.96. The van der Waals surface area contributed by atoms with Gasteiger partial charge < -0.3 is 5.32 Å². The quantitative estimate of drug-likeness (QED) is 0.871. The minimum absolute atomic E-state index is 0.532. The molecule has 0 amide bonds. The second-order valence-electron chi connectivity index (χ2n) is 5.75. The summed E-state index contributed by atoms with van der Waals surface area (Å²) >= 11 is 0. The number of hydrogen-bond acceptors (Lipinski definition) is 2. The van der Waals surface area contributed by atoms with Crippen molar-refractivity contribution in [2.45, 2.75) is 26.7 Å². The van der Waals surface area contributed by atoms with Crippen molar-refractivity contribution < 1.29 is 0 Å². The number of nitrogens with zero attached hydrogens (tertiary/aromatic N) is 1. The first-order chi connectivity index (χ1) is 8.71. The van der Waals surface area contributed by atoms with Crippen LogP contribution < -0.4 is 5.32 Å². The molecule has 18 heavy (non-hydrogen) atoms. The van der Waals surface area contributed by atoms with Gasteiger partial charge in [-0.3, -0.25) is 4.98 Å². The molecule has 1 fully saturated rings. The molecule has 0 spiro atoms. The molecule has 0 radical (unpaired) electrons. The Kier molecular flexibility index (Phi) is 2.73. The average Bonchev–Trinajstić information content (AvgIpc) is 3.17. The predicted octanol–water partition coefficient (Wildman–Crippen LogP) is 4.08. The predicted molar refractivity (Wildman–Crippen MR) is 76.7 cm³/mol. The van der Waals surface area contributed by atoms with Crippen LogP contribution in [0.2, 0.25) is 0 Å². The Hall–Kier alpha value is -1.57. The SMILES string of the molecule is CC(C)C1(CNc2ccnc3ccccc23)CC1. The molecular weight excluding hydrogens is 220 g/mol. The van der Waals surface area contributed by atoms with Crippen LogP contribution in [0.15, 0.2) is 36.5 Å². The molecule has 0 unspecified atom stereocenters. The molecule has 2 aromatic rings. The first kappa shape index (κ1) is 11.5. The summed E-state index contributed by atoms with van der Waals surface area (Å²) in [7, 11) is 0. The van der Waals surface area contributed by atoms with Gasteiger partial charge in [0.15, 0.2) is 0 Å². The van der Waals surface area contributed by atoms with Gasteiger partial charge in [-0.15, -0.1) is 0 Å². The van der Waals surface area contributed by atoms with E-state index in [1.165, 1.54) is 23.9 Å². The van der Waals surface area contributed by atoms with E-state index in [1.807, 2.05) is 12.3 Å². The Balaban J connectivity index is 1.83. The number of pyridine rings is 1. The molecule has 1 aliphatic rings. The second-order valence-corrected chi connectivity index (χ2v) is 5.75. The third-order valence-corrected chi connectivity index (χ3v) is 4.40. The Morgan fingerprint density at radius 2 is 2.00 bits per heavy atom. The third-order valence-electron chi connectivity index (χ3n) is 4.40. The lowest BCUT2D eigenvalue weighted by molar-refractivity contribution is 0.380. The van der Waals surface area contributed by atoms with Crippen LogP contribution in [0.4, 0.5) is 5.69 Å². The Bertz CT molecular complexity index is 551. The van der Waals surface area contributed by atoms with E-state index < -0.39 is 0 Å². The summed E-state index contributed by atoms with van der Waals surface area (Å²) in [5.41, 5.74) is 2.81. The van der Waals surface area contributed by atoms with Crippen molar-refractivity contribution in [1.29, 1.82) is 0 Å². The fourth-order valence-electron chi connectivity index (χ4n) is 2.64. The summed E-state index contributed by atoms with van der Waals surface area (Å²) in [5, 5.41) is 4.85. The molecule has 1 aromatic carbocycles. The smallest absolute Gasteiger partial charge is 0.0722 e. The number of nitrogens with one attached hydrogen (secondary N) is 1. The largest absolute Gasteiger partial charge is 0.384 e. The minimum Gasteiger partial charge on any atom is -0.384 e. The van der Waals surface area contributed by atoms with Gasteiger partial charge in [0.1, 0.15) is 0 Å². The molecule has 2 nitrogen and oxygen atoms in total. The molecule has 3 rings (SSSR count). The van der Waals surface area contributed by atoms with E-state index in [-0.39, 0.29) is 0 Å². The highest BCUT2D eigenvalue weighted by atomic mass is 14.9. The molecule has 94 valence electrons. The van der Waals surface area contributed by atoms with Gasteiger partial charge in [-0.2, -0.15) is 0 Å². The van der Waals surface area contributed by atoms with Gasteiger partial charge in [-0.05, 0) is 36.3 Å². The van der Waals surface area contributed by atoms with Crippen LogP contribution in [0.1, 0.15) is 26.7 Å². The summed E-state index contributed by atoms with van der Waals surface area (Å²) in [6, 6.07) is 10.4. The lowest BCUT2D eigenvalue weighted by atomic mass is 9.92. The van der Waals surface area contributed by atoms with Crippen molar-refractivity contribution in [3.63, 3.8) is 0 Å². The molecule has 0 bridgehead atoms. The first-order valence-electron chi connectivity index (χ1n) is 6.79. The van der Waals surface area contributed by atoms with Gasteiger partial charge >= 0.3 is 0 Å². The summed E-state index contributed by atoms with van der Waals surface area (Å²) < 4.78 is 0. The zero-order valence-electron chi connectivity index (χ0n) is 11.1. The highest BCUT2D eigenvalue weighted by Gasteiger charge is 2.44. The first-order valence-corrected chi connectivity index (χ1v) is 6.79. The fraction of sp³-hybridized carbons (Fsp3) is 0.438. The normalized spacial score (nSPS) is 17.1. The highest BCUT2D eigenvalue weighted by Crippen LogP contribution is 2.51. The maximum Gasteiger partial charge on any atom is 0.0722 e. The maximum absolute atomic E-state index is 4.40. The monoisotopic (exact) mass is 240 g/mol. The zero-order chi connectivity index (χ0) is 12.6. The maximum atomic E-state index is 4.40. The van der Waals surface area contributed by atoms with Gasteiger partial charge in [-0.25, -0.2) is 0 Å². The van der Waals surface area contributed by atoms with Gasteiger partial charge in [0.25, 0.3) is 0 Å². The number of hydrogen-bond donors (Lipinski definition) is 1. The van der Waals surface area contributed by atoms with Crippen molar-refractivity contribution in [1.82, 2.24) is 4.98 Å². The zero-order valence-corrected chi connectivity index (χ0v) is 11.1. The molecule has 1 N–H and O–H groups in total. The molecule has 1 saturated carbocycles. The van der Waals surface area contributed by atoms with E-state index in [2.05, 4.69) is 48.4 Å². The molecule has 1 heterocycles. The number of anilines is 1. The van der Waals surface area contributed by atoms with Gasteiger partial charge in [0.05, 0.1) is 5.52 Å². The number of rotatable bonds is 4. The van der Waals surface area contributed by atoms with Gasteiger partial charge in [-0.1, -0.05) is 32.0 Å².